The molecule has 158 valence electrons. The summed E-state index contributed by atoms with van der Waals surface area (Å²) in [5, 5.41) is 0. The Hall–Kier alpha value is -3.11. The van der Waals surface area contributed by atoms with Crippen molar-refractivity contribution in [2.45, 2.75) is 25.0 Å². The maximum absolute atomic E-state index is 6.51. The Bertz CT molecular complexity index is 1120. The second kappa shape index (κ2) is 7.24. The number of pyridine rings is 1. The quantitative estimate of drug-likeness (QED) is 0.578. The molecule has 0 N–H and O–H groups in total. The van der Waals surface area contributed by atoms with Crippen LogP contribution in [-0.4, -0.2) is 38.0 Å². The van der Waals surface area contributed by atoms with Gasteiger partial charge in [-0.25, -0.2) is 0 Å². The summed E-state index contributed by atoms with van der Waals surface area (Å²) in [5.74, 6) is 0. The summed E-state index contributed by atoms with van der Waals surface area (Å²) in [7, 11) is 4.12. The van der Waals surface area contributed by atoms with Crippen LogP contribution in [0.25, 0.3) is 17.3 Å². The van der Waals surface area contributed by atoms with Crippen LogP contribution in [0.2, 0.25) is 0 Å². The van der Waals surface area contributed by atoms with Crippen LogP contribution in [-0.2, 0) is 10.2 Å². The molecule has 1 saturated heterocycles. The van der Waals surface area contributed by atoms with Gasteiger partial charge < -0.3 is 14.5 Å². The van der Waals surface area contributed by atoms with Gasteiger partial charge in [0.2, 0.25) is 0 Å². The predicted octanol–water partition coefficient (Wildman–Crippen LogP) is 5.35. The lowest BCUT2D eigenvalue weighted by atomic mass is 9.76. The minimum Gasteiger partial charge on any atom is -0.378 e. The first-order valence-corrected chi connectivity index (χ1v) is 10.9. The van der Waals surface area contributed by atoms with E-state index in [1.165, 1.54) is 22.5 Å². The summed E-state index contributed by atoms with van der Waals surface area (Å²) in [6, 6.07) is 21.4. The molecule has 1 aromatic heterocycles. The van der Waals surface area contributed by atoms with Gasteiger partial charge in [-0.15, -0.1) is 0 Å². The molecule has 0 radical (unpaired) electrons. The van der Waals surface area contributed by atoms with Gasteiger partial charge in [0, 0.05) is 49.2 Å². The van der Waals surface area contributed by atoms with Crippen molar-refractivity contribution in [2.75, 3.05) is 37.0 Å². The minimum atomic E-state index is -0.488. The zero-order valence-electron chi connectivity index (χ0n) is 18.7. The molecule has 0 aliphatic carbocycles. The Morgan fingerprint density at radius 1 is 1.03 bits per heavy atom. The molecule has 0 spiro atoms. The van der Waals surface area contributed by atoms with E-state index in [1.807, 2.05) is 18.3 Å². The Morgan fingerprint density at radius 3 is 2.55 bits per heavy atom. The lowest BCUT2D eigenvalue weighted by Gasteiger charge is -2.39. The van der Waals surface area contributed by atoms with Gasteiger partial charge in [0.1, 0.15) is 0 Å². The second-order valence-corrected chi connectivity index (χ2v) is 9.09. The molecule has 1 fully saturated rings. The van der Waals surface area contributed by atoms with E-state index in [-0.39, 0.29) is 5.41 Å². The van der Waals surface area contributed by atoms with Crippen molar-refractivity contribution in [1.29, 1.82) is 0 Å². The fourth-order valence-corrected chi connectivity index (χ4v) is 4.95. The molecule has 2 aromatic carbocycles. The van der Waals surface area contributed by atoms with E-state index in [0.29, 0.717) is 0 Å². The molecular formula is C27H29N3O. The van der Waals surface area contributed by atoms with Gasteiger partial charge in [0.15, 0.2) is 5.72 Å². The first-order chi connectivity index (χ1) is 14.9. The largest absolute Gasteiger partial charge is 0.378 e. The first-order valence-electron chi connectivity index (χ1n) is 10.9. The highest BCUT2D eigenvalue weighted by Gasteiger charge is 2.59. The summed E-state index contributed by atoms with van der Waals surface area (Å²) in [4.78, 5) is 9.09. The third kappa shape index (κ3) is 3.05. The van der Waals surface area contributed by atoms with E-state index < -0.39 is 5.72 Å². The predicted molar refractivity (Wildman–Crippen MR) is 129 cm³/mol. The van der Waals surface area contributed by atoms with Crippen molar-refractivity contribution in [1.82, 2.24) is 4.98 Å². The van der Waals surface area contributed by atoms with Crippen LogP contribution >= 0.6 is 0 Å². The fraction of sp³-hybridized carbons (Fsp3) is 0.296. The summed E-state index contributed by atoms with van der Waals surface area (Å²) in [6.07, 6.45) is 6.30. The van der Waals surface area contributed by atoms with Gasteiger partial charge in [-0.3, -0.25) is 4.98 Å². The standard InChI is InChI=1S/C27H29N3O/c1-26(2)23-19-21(24-7-5-6-16-28-24)10-13-25(23)30-17-18-31-27(26,30)15-14-20-8-11-22(12-9-20)29(3)4/h5-16,19H,17-18H2,1-4H3. The Kier molecular flexibility index (Phi) is 4.63. The molecule has 1 atom stereocenters. The number of rotatable bonds is 4. The number of fused-ring (bicyclic) bond motifs is 3. The molecule has 4 nitrogen and oxygen atoms in total. The lowest BCUT2D eigenvalue weighted by molar-refractivity contribution is 0.000346. The smallest absolute Gasteiger partial charge is 0.170 e. The van der Waals surface area contributed by atoms with Crippen molar-refractivity contribution in [3.63, 3.8) is 0 Å². The number of anilines is 2. The van der Waals surface area contributed by atoms with Crippen molar-refractivity contribution >= 4 is 17.5 Å². The summed E-state index contributed by atoms with van der Waals surface area (Å²) in [6.45, 7) is 6.20. The molecule has 5 rings (SSSR count). The molecule has 3 aromatic rings. The fourth-order valence-electron chi connectivity index (χ4n) is 4.95. The van der Waals surface area contributed by atoms with Crippen LogP contribution in [0.5, 0.6) is 0 Å². The highest BCUT2D eigenvalue weighted by Crippen LogP contribution is 2.55. The Morgan fingerprint density at radius 2 is 1.84 bits per heavy atom. The SMILES string of the molecule is CN(C)c1ccc(C=CC23OCCN2c2ccc(-c4ccccn4)cc2C3(C)C)cc1. The lowest BCUT2D eigenvalue weighted by Crippen LogP contribution is -2.51. The van der Waals surface area contributed by atoms with E-state index in [1.54, 1.807) is 0 Å². The van der Waals surface area contributed by atoms with Gasteiger partial charge >= 0.3 is 0 Å². The highest BCUT2D eigenvalue weighted by molar-refractivity contribution is 5.75. The van der Waals surface area contributed by atoms with E-state index in [2.05, 4.69) is 103 Å². The van der Waals surface area contributed by atoms with Crippen molar-refractivity contribution < 1.29 is 4.74 Å². The van der Waals surface area contributed by atoms with Crippen molar-refractivity contribution in [2.24, 2.45) is 0 Å². The van der Waals surface area contributed by atoms with Gasteiger partial charge in [0.25, 0.3) is 0 Å². The molecular weight excluding hydrogens is 382 g/mol. The topological polar surface area (TPSA) is 28.6 Å². The molecule has 4 heteroatoms. The summed E-state index contributed by atoms with van der Waals surface area (Å²) in [5.41, 5.74) is 6.40. The third-order valence-corrected chi connectivity index (χ3v) is 6.77. The highest BCUT2D eigenvalue weighted by atomic mass is 16.5. The van der Waals surface area contributed by atoms with Gasteiger partial charge in [-0.05, 0) is 53.6 Å². The zero-order chi connectivity index (χ0) is 21.6. The molecule has 3 heterocycles. The number of nitrogens with zero attached hydrogens (tertiary/aromatic N) is 3. The van der Waals surface area contributed by atoms with E-state index in [9.17, 15) is 0 Å². The number of ether oxygens (including phenoxy) is 1. The summed E-state index contributed by atoms with van der Waals surface area (Å²) < 4.78 is 6.51. The molecule has 1 unspecified atom stereocenters. The summed E-state index contributed by atoms with van der Waals surface area (Å²) >= 11 is 0. The Labute approximate surface area is 184 Å². The zero-order valence-corrected chi connectivity index (χ0v) is 18.7. The molecule has 2 aliphatic heterocycles. The average Bonchev–Trinajstić information content (AvgIpc) is 3.30. The molecule has 0 amide bonds. The van der Waals surface area contributed by atoms with Crippen LogP contribution < -0.4 is 9.80 Å². The minimum absolute atomic E-state index is 0.205. The Balaban J connectivity index is 1.53. The van der Waals surface area contributed by atoms with Crippen LogP contribution in [0.3, 0.4) is 0 Å². The third-order valence-electron chi connectivity index (χ3n) is 6.77. The monoisotopic (exact) mass is 411 g/mol. The van der Waals surface area contributed by atoms with E-state index in [0.717, 1.165) is 24.4 Å². The second-order valence-electron chi connectivity index (χ2n) is 9.09. The van der Waals surface area contributed by atoms with Crippen molar-refractivity contribution in [3.05, 3.63) is 84.1 Å². The molecule has 0 saturated carbocycles. The van der Waals surface area contributed by atoms with E-state index >= 15 is 0 Å². The van der Waals surface area contributed by atoms with Gasteiger partial charge in [-0.1, -0.05) is 44.2 Å². The maximum atomic E-state index is 6.51. The number of hydrogen-bond acceptors (Lipinski definition) is 4. The van der Waals surface area contributed by atoms with Gasteiger partial charge in [-0.2, -0.15) is 0 Å². The molecule has 0 bridgehead atoms. The first kappa shape index (κ1) is 19.8. The van der Waals surface area contributed by atoms with Gasteiger partial charge in [0.05, 0.1) is 12.3 Å². The van der Waals surface area contributed by atoms with Crippen LogP contribution in [0.4, 0.5) is 11.4 Å². The number of benzene rings is 2. The van der Waals surface area contributed by atoms with Crippen molar-refractivity contribution in [3.8, 4) is 11.3 Å². The van der Waals surface area contributed by atoms with Crippen LogP contribution in [0, 0.1) is 0 Å². The molecule has 31 heavy (non-hydrogen) atoms. The molecule has 2 aliphatic rings. The number of hydrogen-bond donors (Lipinski definition) is 0. The van der Waals surface area contributed by atoms with E-state index in [4.69, 9.17) is 4.74 Å². The van der Waals surface area contributed by atoms with Crippen LogP contribution in [0.1, 0.15) is 25.0 Å². The van der Waals surface area contributed by atoms with Crippen LogP contribution in [0.15, 0.2) is 72.9 Å². The normalized spacial score (nSPS) is 21.4. The maximum Gasteiger partial charge on any atom is 0.170 e. The number of aromatic nitrogens is 1. The average molecular weight is 412 g/mol.